The number of likely N-dealkylation sites (N-methyl/N-ethyl adjacent to an activating group) is 1. The third-order valence-electron chi connectivity index (χ3n) is 6.77. The normalized spacial score (nSPS) is 23.3. The quantitative estimate of drug-likeness (QED) is 0.746. The van der Waals surface area contributed by atoms with Gasteiger partial charge in [-0.05, 0) is 39.4 Å². The Morgan fingerprint density at radius 1 is 1.31 bits per heavy atom. The van der Waals surface area contributed by atoms with Crippen molar-refractivity contribution in [2.24, 2.45) is 0 Å². The van der Waals surface area contributed by atoms with Crippen molar-refractivity contribution >= 4 is 17.8 Å². The van der Waals surface area contributed by atoms with Crippen LogP contribution < -0.4 is 5.32 Å². The second kappa shape index (κ2) is 8.90. The number of amides is 3. The number of urea groups is 1. The van der Waals surface area contributed by atoms with E-state index in [0.29, 0.717) is 24.6 Å². The molecule has 172 valence electrons. The Balaban J connectivity index is 1.61. The lowest BCUT2D eigenvalue weighted by atomic mass is 9.91. The van der Waals surface area contributed by atoms with E-state index in [1.54, 1.807) is 24.4 Å². The van der Waals surface area contributed by atoms with Gasteiger partial charge in [0.15, 0.2) is 5.82 Å². The molecule has 2 aromatic heterocycles. The Morgan fingerprint density at radius 3 is 2.81 bits per heavy atom. The number of carbonyl (C=O) groups excluding carboxylic acids is 2. The number of hydrogen-bond donors (Lipinski definition) is 2. The number of nitrogens with one attached hydrogen (secondary N) is 2. The van der Waals surface area contributed by atoms with Crippen molar-refractivity contribution in [1.82, 2.24) is 29.9 Å². The molecule has 9 heteroatoms. The zero-order chi connectivity index (χ0) is 22.9. The van der Waals surface area contributed by atoms with Gasteiger partial charge in [-0.25, -0.2) is 4.79 Å². The largest absolute Gasteiger partial charge is 0.321 e. The molecular weight excluding hydrogens is 406 g/mol. The molecule has 2 aliphatic heterocycles. The molecular formula is C23H33N7O2. The molecule has 2 aliphatic rings. The molecule has 0 bridgehead atoms. The molecule has 32 heavy (non-hydrogen) atoms. The van der Waals surface area contributed by atoms with Crippen LogP contribution >= 0.6 is 0 Å². The average Bonchev–Trinajstić information content (AvgIpc) is 3.31. The van der Waals surface area contributed by atoms with Gasteiger partial charge in [-0.2, -0.15) is 5.10 Å². The van der Waals surface area contributed by atoms with Crippen molar-refractivity contribution < 1.29 is 9.59 Å². The highest BCUT2D eigenvalue weighted by atomic mass is 16.2. The van der Waals surface area contributed by atoms with E-state index >= 15 is 0 Å². The van der Waals surface area contributed by atoms with Crippen LogP contribution in [0.2, 0.25) is 0 Å². The highest BCUT2D eigenvalue weighted by Gasteiger charge is 2.48. The lowest BCUT2D eigenvalue weighted by molar-refractivity contribution is 0.0573. The second-order valence-corrected chi connectivity index (χ2v) is 9.15. The maximum Gasteiger partial charge on any atom is 0.321 e. The maximum absolute atomic E-state index is 13.7. The van der Waals surface area contributed by atoms with Gasteiger partial charge in [0, 0.05) is 37.4 Å². The number of fused-ring (bicyclic) bond motifs is 1. The lowest BCUT2D eigenvalue weighted by Crippen LogP contribution is -2.58. The molecule has 0 radical (unpaired) electrons. The zero-order valence-corrected chi connectivity index (χ0v) is 19.4. The van der Waals surface area contributed by atoms with Crippen LogP contribution in [-0.4, -0.2) is 74.5 Å². The first-order valence-corrected chi connectivity index (χ1v) is 11.4. The first-order chi connectivity index (χ1) is 15.3. The molecule has 9 nitrogen and oxygen atoms in total. The van der Waals surface area contributed by atoms with Crippen molar-refractivity contribution in [2.45, 2.75) is 58.2 Å². The van der Waals surface area contributed by atoms with Gasteiger partial charge in [0.25, 0.3) is 5.91 Å². The van der Waals surface area contributed by atoms with E-state index in [9.17, 15) is 9.59 Å². The third-order valence-corrected chi connectivity index (χ3v) is 6.77. The van der Waals surface area contributed by atoms with Gasteiger partial charge >= 0.3 is 6.03 Å². The summed E-state index contributed by atoms with van der Waals surface area (Å²) in [6.45, 7) is 9.23. The average molecular weight is 440 g/mol. The number of nitrogens with zero attached hydrogens (tertiary/aromatic N) is 5. The highest BCUT2D eigenvalue weighted by Crippen LogP contribution is 2.44. The molecule has 0 spiro atoms. The number of anilines is 1. The van der Waals surface area contributed by atoms with Gasteiger partial charge in [0.05, 0.1) is 17.8 Å². The van der Waals surface area contributed by atoms with Crippen LogP contribution in [-0.2, 0) is 12.1 Å². The van der Waals surface area contributed by atoms with Crippen molar-refractivity contribution in [2.75, 3.05) is 32.0 Å². The van der Waals surface area contributed by atoms with Gasteiger partial charge in [0.1, 0.15) is 5.69 Å². The first-order valence-electron chi connectivity index (χ1n) is 11.4. The number of aromatic nitrogens is 3. The number of aromatic amines is 1. The lowest BCUT2D eigenvalue weighted by Gasteiger charge is -2.44. The van der Waals surface area contributed by atoms with Crippen molar-refractivity contribution in [3.05, 3.63) is 41.3 Å². The molecule has 3 amide bonds. The Kier molecular flexibility index (Phi) is 6.19. The summed E-state index contributed by atoms with van der Waals surface area (Å²) >= 11 is 0. The van der Waals surface area contributed by atoms with Crippen LogP contribution in [0, 0.1) is 0 Å². The standard InChI is InChI=1S/C23H33N7O2/c1-5-6-10-23(3)19-17(15-30(23)22(32)29-13-12-28(4)14-16(29)2)20(27-26-19)25-21(31)18-9-7-8-11-24-18/h7-9,11,16H,5-6,10,12-15H2,1-4H3,(H2,25,26,27,31). The number of unbranched alkanes of at least 4 members (excludes halogenated alkanes) is 1. The van der Waals surface area contributed by atoms with Crippen LogP contribution in [0.1, 0.15) is 61.8 Å². The van der Waals surface area contributed by atoms with E-state index in [4.69, 9.17) is 0 Å². The summed E-state index contributed by atoms with van der Waals surface area (Å²) in [5.41, 5.74) is 1.63. The molecule has 2 aromatic rings. The Labute approximate surface area is 189 Å². The minimum atomic E-state index is -0.494. The Morgan fingerprint density at radius 2 is 2.12 bits per heavy atom. The molecule has 2 N–H and O–H groups in total. The fourth-order valence-corrected chi connectivity index (χ4v) is 4.84. The molecule has 0 saturated carbocycles. The summed E-state index contributed by atoms with van der Waals surface area (Å²) in [4.78, 5) is 36.7. The number of carbonyl (C=O) groups is 2. The van der Waals surface area contributed by atoms with E-state index in [1.807, 2.05) is 9.80 Å². The number of piperazine rings is 1. The second-order valence-electron chi connectivity index (χ2n) is 9.15. The molecule has 4 rings (SSSR count). The van der Waals surface area contributed by atoms with Gasteiger partial charge in [-0.15, -0.1) is 0 Å². The molecule has 4 heterocycles. The van der Waals surface area contributed by atoms with E-state index < -0.39 is 5.54 Å². The van der Waals surface area contributed by atoms with Crippen LogP contribution in [0.25, 0.3) is 0 Å². The molecule has 1 fully saturated rings. The van der Waals surface area contributed by atoms with Gasteiger partial charge < -0.3 is 20.0 Å². The predicted molar refractivity (Wildman–Crippen MR) is 122 cm³/mol. The third kappa shape index (κ3) is 3.97. The van der Waals surface area contributed by atoms with Crippen molar-refractivity contribution in [3.8, 4) is 0 Å². The van der Waals surface area contributed by atoms with Crippen molar-refractivity contribution in [1.29, 1.82) is 0 Å². The van der Waals surface area contributed by atoms with Gasteiger partial charge in [-0.1, -0.05) is 25.8 Å². The van der Waals surface area contributed by atoms with E-state index in [0.717, 1.165) is 43.6 Å². The zero-order valence-electron chi connectivity index (χ0n) is 19.4. The number of rotatable bonds is 5. The van der Waals surface area contributed by atoms with Crippen LogP contribution in [0.3, 0.4) is 0 Å². The van der Waals surface area contributed by atoms with Crippen molar-refractivity contribution in [3.63, 3.8) is 0 Å². The summed E-state index contributed by atoms with van der Waals surface area (Å²) in [6, 6.07) is 5.41. The summed E-state index contributed by atoms with van der Waals surface area (Å²) in [7, 11) is 2.09. The highest BCUT2D eigenvalue weighted by molar-refractivity contribution is 6.02. The molecule has 2 unspecified atom stereocenters. The minimum absolute atomic E-state index is 0.0517. The summed E-state index contributed by atoms with van der Waals surface area (Å²) < 4.78 is 0. The van der Waals surface area contributed by atoms with Crippen LogP contribution in [0.4, 0.5) is 10.6 Å². The molecule has 0 aliphatic carbocycles. The van der Waals surface area contributed by atoms with E-state index in [-0.39, 0.29) is 18.0 Å². The summed E-state index contributed by atoms with van der Waals surface area (Å²) in [5.74, 6) is 0.160. The monoisotopic (exact) mass is 439 g/mol. The fraction of sp³-hybridized carbons (Fsp3) is 0.565. The summed E-state index contributed by atoms with van der Waals surface area (Å²) in [5, 5.41) is 10.4. The van der Waals surface area contributed by atoms with Gasteiger partial charge in [-0.3, -0.25) is 14.9 Å². The molecule has 2 atom stereocenters. The van der Waals surface area contributed by atoms with Crippen LogP contribution in [0.15, 0.2) is 24.4 Å². The molecule has 0 aromatic carbocycles. The van der Waals surface area contributed by atoms with E-state index in [1.165, 1.54) is 0 Å². The molecule has 1 saturated heterocycles. The first kappa shape index (κ1) is 22.3. The smallest absolute Gasteiger partial charge is 0.319 e. The summed E-state index contributed by atoms with van der Waals surface area (Å²) in [6.07, 6.45) is 4.45. The fourth-order valence-electron chi connectivity index (χ4n) is 4.84. The Bertz CT molecular complexity index is 976. The van der Waals surface area contributed by atoms with Gasteiger partial charge in [0.2, 0.25) is 0 Å². The minimum Gasteiger partial charge on any atom is -0.319 e. The van der Waals surface area contributed by atoms with Crippen LogP contribution in [0.5, 0.6) is 0 Å². The number of hydrogen-bond acceptors (Lipinski definition) is 5. The predicted octanol–water partition coefficient (Wildman–Crippen LogP) is 3.03. The Hall–Kier alpha value is -2.94. The number of H-pyrrole nitrogens is 1. The maximum atomic E-state index is 13.7. The van der Waals surface area contributed by atoms with E-state index in [2.05, 4.69) is 53.2 Å². The topological polar surface area (TPSA) is 97.5 Å². The number of pyridine rings is 1. The SMILES string of the molecule is CCCCC1(C)c2[nH]nc(NC(=O)c3ccccn3)c2CN1C(=O)N1CCN(C)CC1C.